The molecule has 5 heteroatoms. The molecular weight excluding hydrogens is 248 g/mol. The van der Waals surface area contributed by atoms with E-state index in [1.807, 2.05) is 39.0 Å². The standard InChI is InChI=1S/C13H16N2O2S/c1-13(2,3)11(16)15-12-14-9-7-8(17-4)5-6-10(9)18-12/h5-7H,1-4H3,(H,14,15,16). The summed E-state index contributed by atoms with van der Waals surface area (Å²) in [5.74, 6) is 0.731. The number of nitrogens with zero attached hydrogens (tertiary/aromatic N) is 1. The Morgan fingerprint density at radius 3 is 2.72 bits per heavy atom. The average molecular weight is 264 g/mol. The lowest BCUT2D eigenvalue weighted by Gasteiger charge is -2.15. The highest BCUT2D eigenvalue weighted by Crippen LogP contribution is 2.29. The van der Waals surface area contributed by atoms with Gasteiger partial charge in [-0.2, -0.15) is 0 Å². The first-order valence-corrected chi connectivity index (χ1v) is 6.48. The van der Waals surface area contributed by atoms with Crippen LogP contribution in [0.2, 0.25) is 0 Å². The van der Waals surface area contributed by atoms with Gasteiger partial charge in [-0.1, -0.05) is 32.1 Å². The molecule has 1 aromatic heterocycles. The van der Waals surface area contributed by atoms with Crippen molar-refractivity contribution in [2.75, 3.05) is 12.4 Å². The molecule has 0 spiro atoms. The number of hydrogen-bond donors (Lipinski definition) is 1. The number of nitrogens with one attached hydrogen (secondary N) is 1. The number of methoxy groups -OCH3 is 1. The van der Waals surface area contributed by atoms with Crippen molar-refractivity contribution in [1.29, 1.82) is 0 Å². The van der Waals surface area contributed by atoms with Gasteiger partial charge in [-0.3, -0.25) is 4.79 Å². The van der Waals surface area contributed by atoms with Gasteiger partial charge >= 0.3 is 0 Å². The summed E-state index contributed by atoms with van der Waals surface area (Å²) in [5, 5.41) is 3.46. The molecule has 1 heterocycles. The molecule has 0 aliphatic heterocycles. The van der Waals surface area contributed by atoms with Crippen LogP contribution in [-0.2, 0) is 4.79 Å². The maximum absolute atomic E-state index is 11.9. The number of fused-ring (bicyclic) bond motifs is 1. The van der Waals surface area contributed by atoms with E-state index in [2.05, 4.69) is 10.3 Å². The molecule has 0 unspecified atom stereocenters. The number of carbonyl (C=O) groups excluding carboxylic acids is 1. The van der Waals surface area contributed by atoms with Gasteiger partial charge in [0.1, 0.15) is 5.75 Å². The number of thiazole rings is 1. The number of amides is 1. The highest BCUT2D eigenvalue weighted by molar-refractivity contribution is 7.22. The molecule has 0 atom stereocenters. The molecule has 0 aliphatic carbocycles. The lowest BCUT2D eigenvalue weighted by molar-refractivity contribution is -0.123. The number of carbonyl (C=O) groups is 1. The van der Waals surface area contributed by atoms with Gasteiger partial charge in [0.05, 0.1) is 17.3 Å². The highest BCUT2D eigenvalue weighted by Gasteiger charge is 2.22. The average Bonchev–Trinajstić information content (AvgIpc) is 2.68. The van der Waals surface area contributed by atoms with Crippen LogP contribution in [0.3, 0.4) is 0 Å². The molecule has 0 aliphatic rings. The second-order valence-corrected chi connectivity index (χ2v) is 6.09. The Kier molecular flexibility index (Phi) is 3.26. The Labute approximate surface area is 110 Å². The van der Waals surface area contributed by atoms with E-state index in [-0.39, 0.29) is 5.91 Å². The summed E-state index contributed by atoms with van der Waals surface area (Å²) in [6.45, 7) is 5.62. The van der Waals surface area contributed by atoms with Gasteiger partial charge in [-0.05, 0) is 12.1 Å². The second-order valence-electron chi connectivity index (χ2n) is 5.06. The van der Waals surface area contributed by atoms with Gasteiger partial charge in [0, 0.05) is 11.5 Å². The minimum Gasteiger partial charge on any atom is -0.497 e. The van der Waals surface area contributed by atoms with Crippen molar-refractivity contribution < 1.29 is 9.53 Å². The second kappa shape index (κ2) is 4.57. The molecule has 0 saturated carbocycles. The van der Waals surface area contributed by atoms with E-state index in [1.165, 1.54) is 11.3 Å². The maximum atomic E-state index is 11.9. The van der Waals surface area contributed by atoms with E-state index < -0.39 is 5.41 Å². The van der Waals surface area contributed by atoms with Crippen LogP contribution in [0.25, 0.3) is 10.2 Å². The Morgan fingerprint density at radius 1 is 1.39 bits per heavy atom. The minimum absolute atomic E-state index is 0.0338. The highest BCUT2D eigenvalue weighted by atomic mass is 32.1. The number of rotatable bonds is 2. The Hall–Kier alpha value is -1.62. The van der Waals surface area contributed by atoms with E-state index >= 15 is 0 Å². The Bertz CT molecular complexity index is 584. The SMILES string of the molecule is COc1ccc2sc(NC(=O)C(C)(C)C)nc2c1. The number of ether oxygens (including phenoxy) is 1. The van der Waals surface area contributed by atoms with Gasteiger partial charge in [0.25, 0.3) is 0 Å². The van der Waals surface area contributed by atoms with Gasteiger partial charge in [0.2, 0.25) is 5.91 Å². The quantitative estimate of drug-likeness (QED) is 0.905. The first-order chi connectivity index (χ1) is 8.40. The first kappa shape index (κ1) is 12.8. The first-order valence-electron chi connectivity index (χ1n) is 5.66. The topological polar surface area (TPSA) is 51.2 Å². The van der Waals surface area contributed by atoms with E-state index in [4.69, 9.17) is 4.74 Å². The number of benzene rings is 1. The van der Waals surface area contributed by atoms with Crippen LogP contribution >= 0.6 is 11.3 Å². The van der Waals surface area contributed by atoms with E-state index in [0.29, 0.717) is 5.13 Å². The van der Waals surface area contributed by atoms with Gasteiger partial charge in [-0.25, -0.2) is 4.98 Å². The predicted octanol–water partition coefficient (Wildman–Crippen LogP) is 3.29. The molecule has 2 rings (SSSR count). The van der Waals surface area contributed by atoms with Crippen LogP contribution in [-0.4, -0.2) is 18.0 Å². The molecule has 1 amide bonds. The molecule has 0 saturated heterocycles. The fourth-order valence-corrected chi connectivity index (χ4v) is 2.21. The Balaban J connectivity index is 2.28. The van der Waals surface area contributed by atoms with Crippen LogP contribution in [0.4, 0.5) is 5.13 Å². The lowest BCUT2D eigenvalue weighted by Crippen LogP contribution is -2.27. The lowest BCUT2D eigenvalue weighted by atomic mass is 9.96. The van der Waals surface area contributed by atoms with Gasteiger partial charge in [0.15, 0.2) is 5.13 Å². The third-order valence-electron chi connectivity index (χ3n) is 2.50. The zero-order valence-corrected chi connectivity index (χ0v) is 11.7. The van der Waals surface area contributed by atoms with Crippen molar-refractivity contribution in [2.24, 2.45) is 5.41 Å². The third-order valence-corrected chi connectivity index (χ3v) is 3.45. The normalized spacial score (nSPS) is 11.6. The monoisotopic (exact) mass is 264 g/mol. The fourth-order valence-electron chi connectivity index (χ4n) is 1.37. The van der Waals surface area contributed by atoms with Gasteiger partial charge < -0.3 is 10.1 Å². The van der Waals surface area contributed by atoms with E-state index in [1.54, 1.807) is 7.11 Å². The minimum atomic E-state index is -0.421. The van der Waals surface area contributed by atoms with Crippen LogP contribution in [0.5, 0.6) is 5.75 Å². The zero-order valence-electron chi connectivity index (χ0n) is 10.9. The third kappa shape index (κ3) is 2.61. The van der Waals surface area contributed by atoms with E-state index in [9.17, 15) is 4.79 Å². The molecule has 0 radical (unpaired) electrons. The van der Waals surface area contributed by atoms with Crippen LogP contribution in [0, 0.1) is 5.41 Å². The van der Waals surface area contributed by atoms with Crippen molar-refractivity contribution >= 4 is 32.6 Å². The molecule has 1 N–H and O–H groups in total. The maximum Gasteiger partial charge on any atom is 0.231 e. The summed E-state index contributed by atoms with van der Waals surface area (Å²) < 4.78 is 6.17. The van der Waals surface area contributed by atoms with Crippen LogP contribution < -0.4 is 10.1 Å². The summed E-state index contributed by atoms with van der Waals surface area (Å²) in [5.41, 5.74) is 0.416. The van der Waals surface area contributed by atoms with Crippen molar-refractivity contribution in [1.82, 2.24) is 4.98 Å². The number of anilines is 1. The summed E-state index contributed by atoms with van der Waals surface area (Å²) in [7, 11) is 1.62. The molecular formula is C13H16N2O2S. The summed E-state index contributed by atoms with van der Waals surface area (Å²) in [6, 6.07) is 5.69. The Morgan fingerprint density at radius 2 is 2.11 bits per heavy atom. The van der Waals surface area contributed by atoms with Crippen LogP contribution in [0.1, 0.15) is 20.8 Å². The summed E-state index contributed by atoms with van der Waals surface area (Å²) >= 11 is 1.46. The van der Waals surface area contributed by atoms with Crippen LogP contribution in [0.15, 0.2) is 18.2 Å². The smallest absolute Gasteiger partial charge is 0.231 e. The van der Waals surface area contributed by atoms with Crippen molar-refractivity contribution in [3.8, 4) is 5.75 Å². The summed E-state index contributed by atoms with van der Waals surface area (Å²) in [4.78, 5) is 16.2. The van der Waals surface area contributed by atoms with Crippen molar-refractivity contribution in [3.63, 3.8) is 0 Å². The molecule has 96 valence electrons. The molecule has 0 fully saturated rings. The molecule has 18 heavy (non-hydrogen) atoms. The molecule has 0 bridgehead atoms. The molecule has 1 aromatic carbocycles. The van der Waals surface area contributed by atoms with E-state index in [0.717, 1.165) is 16.0 Å². The summed E-state index contributed by atoms with van der Waals surface area (Å²) in [6.07, 6.45) is 0. The van der Waals surface area contributed by atoms with Crippen molar-refractivity contribution in [3.05, 3.63) is 18.2 Å². The fraction of sp³-hybridized carbons (Fsp3) is 0.385. The predicted molar refractivity (Wildman–Crippen MR) is 74.3 cm³/mol. The van der Waals surface area contributed by atoms with Crippen molar-refractivity contribution in [2.45, 2.75) is 20.8 Å². The largest absolute Gasteiger partial charge is 0.497 e. The number of aromatic nitrogens is 1. The zero-order chi connectivity index (χ0) is 13.3. The molecule has 2 aromatic rings. The number of hydrogen-bond acceptors (Lipinski definition) is 4. The molecule has 4 nitrogen and oxygen atoms in total. The van der Waals surface area contributed by atoms with Gasteiger partial charge in [-0.15, -0.1) is 0 Å².